The molecule has 0 saturated carbocycles. The van der Waals surface area contributed by atoms with Crippen LogP contribution in [-0.4, -0.2) is 18.7 Å². The summed E-state index contributed by atoms with van der Waals surface area (Å²) in [5.41, 5.74) is -0.671. The molecule has 3 heteroatoms. The van der Waals surface area contributed by atoms with E-state index in [1.54, 1.807) is 26.1 Å². The number of carbonyl (C=O) groups is 1. The topological polar surface area (TPSA) is 38.3 Å². The van der Waals surface area contributed by atoms with Crippen LogP contribution in [0.15, 0.2) is 0 Å². The zero-order valence-corrected chi connectivity index (χ0v) is 5.82. The third-order valence-corrected chi connectivity index (χ3v) is 0.501. The molecular formula is C6H13NO2. The molecule has 0 rings (SSSR count). The van der Waals surface area contributed by atoms with E-state index in [1.165, 1.54) is 0 Å². The molecule has 0 aliphatic heterocycles. The Labute approximate surface area is 59.6 Å². The number of alkyl carbamates (subject to hydrolysis) is 1. The molecule has 0 spiro atoms. The van der Waals surface area contributed by atoms with Crippen LogP contribution >= 0.6 is 0 Å². The van der Waals surface area contributed by atoms with Crippen molar-refractivity contribution >= 4 is 6.09 Å². The van der Waals surface area contributed by atoms with Gasteiger partial charge in [0.2, 0.25) is 0 Å². The smallest absolute Gasteiger partial charge is 0.407 e. The minimum absolute atomic E-state index is 0.671. The van der Waals surface area contributed by atoms with E-state index < -0.39 is 18.7 Å². The highest BCUT2D eigenvalue weighted by molar-refractivity contribution is 5.67. The lowest BCUT2D eigenvalue weighted by atomic mass is 10.2. The van der Waals surface area contributed by atoms with Crippen molar-refractivity contribution in [1.29, 1.82) is 0 Å². The van der Waals surface area contributed by atoms with Gasteiger partial charge in [-0.15, -0.1) is 0 Å². The number of ether oxygens (including phenoxy) is 1. The molecule has 0 aliphatic rings. The second kappa shape index (κ2) is 2.71. The van der Waals surface area contributed by atoms with Gasteiger partial charge in [0.25, 0.3) is 0 Å². The van der Waals surface area contributed by atoms with Crippen molar-refractivity contribution in [2.75, 3.05) is 6.98 Å². The lowest BCUT2D eigenvalue weighted by Crippen LogP contribution is -2.30. The van der Waals surface area contributed by atoms with Gasteiger partial charge in [-0.3, -0.25) is 0 Å². The van der Waals surface area contributed by atoms with Crippen LogP contribution < -0.4 is 5.32 Å². The summed E-state index contributed by atoms with van der Waals surface area (Å²) < 4.78 is 24.8. The first kappa shape index (κ1) is 4.14. The summed E-state index contributed by atoms with van der Waals surface area (Å²) in [7, 11) is 0. The molecule has 0 bridgehead atoms. The van der Waals surface area contributed by atoms with E-state index in [0.717, 1.165) is 0 Å². The van der Waals surface area contributed by atoms with E-state index in [4.69, 9.17) is 8.85 Å². The summed E-state index contributed by atoms with van der Waals surface area (Å²) in [4.78, 5) is 10.8. The monoisotopic (exact) mass is 134 g/mol. The predicted octanol–water partition coefficient (Wildman–Crippen LogP) is 1.14. The molecule has 9 heavy (non-hydrogen) atoms. The fourth-order valence-corrected chi connectivity index (χ4v) is 0.304. The molecule has 1 N–H and O–H groups in total. The lowest BCUT2D eigenvalue weighted by molar-refractivity contribution is 0.0541. The standard InChI is InChI=1S/C6H13NO2/c1-6(2,3)9-5(8)7-4/h1-4H3,(H,7,8)/i4D3. The number of hydrogen-bond donors (Lipinski definition) is 1. The second-order valence-electron chi connectivity index (χ2n) is 2.63. The van der Waals surface area contributed by atoms with E-state index in [9.17, 15) is 4.79 Å². The van der Waals surface area contributed by atoms with Crippen LogP contribution in [0.25, 0.3) is 0 Å². The van der Waals surface area contributed by atoms with E-state index >= 15 is 0 Å². The van der Waals surface area contributed by atoms with Crippen molar-refractivity contribution < 1.29 is 13.6 Å². The maximum atomic E-state index is 10.8. The summed E-state index contributed by atoms with van der Waals surface area (Å²) in [5, 5.41) is 1.71. The molecular weight excluding hydrogens is 118 g/mol. The minimum atomic E-state index is -2.48. The van der Waals surface area contributed by atoms with Gasteiger partial charge in [-0.1, -0.05) is 0 Å². The summed E-state index contributed by atoms with van der Waals surface area (Å²) in [6.45, 7) is 2.49. The van der Waals surface area contributed by atoms with Crippen molar-refractivity contribution in [3.63, 3.8) is 0 Å². The zero-order valence-electron chi connectivity index (χ0n) is 8.82. The van der Waals surface area contributed by atoms with E-state index in [2.05, 4.69) is 0 Å². The summed E-state index contributed by atoms with van der Waals surface area (Å²) >= 11 is 0. The first-order chi connectivity index (χ1) is 5.10. The highest BCUT2D eigenvalue weighted by Gasteiger charge is 2.13. The van der Waals surface area contributed by atoms with Crippen LogP contribution in [0.5, 0.6) is 0 Å². The number of nitrogens with one attached hydrogen (secondary N) is 1. The predicted molar refractivity (Wildman–Crippen MR) is 35.3 cm³/mol. The average Bonchev–Trinajstić information content (AvgIpc) is 1.49. The summed E-state index contributed by atoms with van der Waals surface area (Å²) in [6.07, 6.45) is -0.928. The molecule has 0 unspecified atom stereocenters. The van der Waals surface area contributed by atoms with Gasteiger partial charge < -0.3 is 10.1 Å². The quantitative estimate of drug-likeness (QED) is 0.539. The molecule has 0 fully saturated rings. The van der Waals surface area contributed by atoms with Gasteiger partial charge in [-0.2, -0.15) is 0 Å². The number of rotatable bonds is 0. The lowest BCUT2D eigenvalue weighted by Gasteiger charge is -2.18. The summed E-state index contributed by atoms with van der Waals surface area (Å²) in [6, 6.07) is 0. The Hall–Kier alpha value is -0.730. The fourth-order valence-electron chi connectivity index (χ4n) is 0.304. The number of amides is 1. The van der Waals surface area contributed by atoms with Crippen LogP contribution in [-0.2, 0) is 4.74 Å². The van der Waals surface area contributed by atoms with E-state index in [-0.39, 0.29) is 0 Å². The Morgan fingerprint density at radius 3 is 2.56 bits per heavy atom. The van der Waals surface area contributed by atoms with Crippen LogP contribution in [0.1, 0.15) is 24.9 Å². The van der Waals surface area contributed by atoms with Crippen molar-refractivity contribution in [2.24, 2.45) is 0 Å². The van der Waals surface area contributed by atoms with Gasteiger partial charge in [0.15, 0.2) is 0 Å². The molecule has 0 aromatic rings. The molecule has 1 amide bonds. The number of hydrogen-bond acceptors (Lipinski definition) is 2. The molecule has 0 aromatic heterocycles. The maximum Gasteiger partial charge on any atom is 0.407 e. The molecule has 0 heterocycles. The van der Waals surface area contributed by atoms with Gasteiger partial charge in [0, 0.05) is 11.1 Å². The van der Waals surface area contributed by atoms with Gasteiger partial charge in [0.05, 0.1) is 0 Å². The Balaban J connectivity index is 3.92. The van der Waals surface area contributed by atoms with E-state index in [0.29, 0.717) is 0 Å². The highest BCUT2D eigenvalue weighted by Crippen LogP contribution is 2.05. The van der Waals surface area contributed by atoms with Crippen LogP contribution in [0.2, 0.25) is 0 Å². The molecule has 54 valence electrons. The second-order valence-corrected chi connectivity index (χ2v) is 2.63. The SMILES string of the molecule is [2H]C([2H])([2H])NC(=O)OC(C)(C)C. The molecule has 3 nitrogen and oxygen atoms in total. The van der Waals surface area contributed by atoms with Crippen molar-refractivity contribution in [3.05, 3.63) is 0 Å². The van der Waals surface area contributed by atoms with Crippen molar-refractivity contribution in [3.8, 4) is 0 Å². The number of carbonyl (C=O) groups excluding carboxylic acids is 1. The molecule has 0 radical (unpaired) electrons. The third-order valence-electron chi connectivity index (χ3n) is 0.501. The third kappa shape index (κ3) is 5.14. The van der Waals surface area contributed by atoms with Gasteiger partial charge >= 0.3 is 6.09 Å². The molecule has 0 aliphatic carbocycles. The Morgan fingerprint density at radius 2 is 2.22 bits per heavy atom. The fraction of sp³-hybridized carbons (Fsp3) is 0.833. The summed E-state index contributed by atoms with van der Waals surface area (Å²) in [5.74, 6) is 0. The largest absolute Gasteiger partial charge is 0.444 e. The van der Waals surface area contributed by atoms with Gasteiger partial charge in [-0.05, 0) is 20.8 Å². The minimum Gasteiger partial charge on any atom is -0.444 e. The van der Waals surface area contributed by atoms with Crippen LogP contribution in [0, 0.1) is 0 Å². The average molecular weight is 134 g/mol. The first-order valence-electron chi connectivity index (χ1n) is 4.11. The van der Waals surface area contributed by atoms with Gasteiger partial charge in [-0.25, -0.2) is 4.79 Å². The van der Waals surface area contributed by atoms with Crippen molar-refractivity contribution in [2.45, 2.75) is 26.4 Å². The Kier molecular flexibility index (Phi) is 1.25. The Morgan fingerprint density at radius 1 is 1.67 bits per heavy atom. The first-order valence-corrected chi connectivity index (χ1v) is 2.61. The zero-order chi connectivity index (χ0) is 9.99. The molecule has 0 saturated heterocycles. The molecule has 0 aromatic carbocycles. The molecule has 0 atom stereocenters. The Bertz CT molecular complexity index is 153. The highest BCUT2D eigenvalue weighted by atomic mass is 16.6. The van der Waals surface area contributed by atoms with Gasteiger partial charge in [0.1, 0.15) is 5.60 Å². The van der Waals surface area contributed by atoms with Crippen LogP contribution in [0.4, 0.5) is 4.79 Å². The normalized spacial score (nSPS) is 17.0. The van der Waals surface area contributed by atoms with E-state index in [1.807, 2.05) is 0 Å². The van der Waals surface area contributed by atoms with Crippen molar-refractivity contribution in [1.82, 2.24) is 5.32 Å². The van der Waals surface area contributed by atoms with Crippen LogP contribution in [0.3, 0.4) is 0 Å². The maximum absolute atomic E-state index is 10.8.